The van der Waals surface area contributed by atoms with E-state index in [-0.39, 0.29) is 11.9 Å². The molecule has 3 rings (SSSR count). The summed E-state index contributed by atoms with van der Waals surface area (Å²) in [7, 11) is 1.74. The minimum absolute atomic E-state index is 0.152. The van der Waals surface area contributed by atoms with Gasteiger partial charge in [0.25, 0.3) is 0 Å². The van der Waals surface area contributed by atoms with Gasteiger partial charge in [0.15, 0.2) is 5.82 Å². The summed E-state index contributed by atoms with van der Waals surface area (Å²) in [6.45, 7) is 1.49. The summed E-state index contributed by atoms with van der Waals surface area (Å²) in [5.74, 6) is 1.48. The minimum atomic E-state index is -0.215. The number of rotatable bonds is 3. The molecule has 2 aliphatic rings. The molecule has 0 spiro atoms. The van der Waals surface area contributed by atoms with Crippen LogP contribution in [0.1, 0.15) is 25.1 Å². The average Bonchev–Trinajstić information content (AvgIpc) is 2.93. The van der Waals surface area contributed by atoms with E-state index in [1.807, 2.05) is 0 Å². The number of aryl methyl sites for hydroxylation is 1. The fraction of sp³-hybridized carbons (Fsp3) is 0.818. The topological polar surface area (TPSA) is 89.9 Å². The van der Waals surface area contributed by atoms with Gasteiger partial charge < -0.3 is 5.73 Å². The lowest BCUT2D eigenvalue weighted by molar-refractivity contribution is -0.123. The molecule has 0 bridgehead atoms. The molecule has 0 aromatic carbocycles. The quantitative estimate of drug-likeness (QED) is 0.766. The number of primary amides is 1. The number of aromatic nitrogens is 4. The van der Waals surface area contributed by atoms with E-state index in [2.05, 4.69) is 20.3 Å². The number of carbonyl (C=O) groups is 1. The normalized spacial score (nSPS) is 31.7. The van der Waals surface area contributed by atoms with Crippen molar-refractivity contribution in [2.45, 2.75) is 31.8 Å². The van der Waals surface area contributed by atoms with Crippen LogP contribution in [-0.4, -0.2) is 43.6 Å². The summed E-state index contributed by atoms with van der Waals surface area (Å²) in [6.07, 6.45) is 3.54. The molecule has 1 aliphatic carbocycles. The third-order valence-corrected chi connectivity index (χ3v) is 4.17. The van der Waals surface area contributed by atoms with Crippen molar-refractivity contribution in [3.63, 3.8) is 0 Å². The summed E-state index contributed by atoms with van der Waals surface area (Å²) < 4.78 is 0. The van der Waals surface area contributed by atoms with Crippen molar-refractivity contribution in [3.05, 3.63) is 5.82 Å². The number of fused-ring (bicyclic) bond motifs is 1. The van der Waals surface area contributed by atoms with E-state index in [9.17, 15) is 4.79 Å². The standard InChI is InChI=1S/C11H18N6O/c1-16-14-9(13-15-16)6-17-5-7-3-2-4-8(7)10(17)11(12)18/h7-8,10H,2-6H2,1H3,(H2,12,18). The Morgan fingerprint density at radius 3 is 3.00 bits per heavy atom. The lowest BCUT2D eigenvalue weighted by Crippen LogP contribution is -2.43. The van der Waals surface area contributed by atoms with Gasteiger partial charge >= 0.3 is 0 Å². The smallest absolute Gasteiger partial charge is 0.235 e. The number of amides is 1. The maximum absolute atomic E-state index is 11.7. The van der Waals surface area contributed by atoms with Crippen molar-refractivity contribution in [1.82, 2.24) is 25.1 Å². The largest absolute Gasteiger partial charge is 0.368 e. The highest BCUT2D eigenvalue weighted by atomic mass is 16.1. The van der Waals surface area contributed by atoms with Gasteiger partial charge in [-0.15, -0.1) is 10.2 Å². The molecule has 1 aromatic rings. The Bertz CT molecular complexity index is 458. The molecule has 0 radical (unpaired) electrons. The van der Waals surface area contributed by atoms with Gasteiger partial charge in [0, 0.05) is 6.54 Å². The van der Waals surface area contributed by atoms with Crippen LogP contribution in [-0.2, 0) is 18.4 Å². The molecule has 7 heteroatoms. The van der Waals surface area contributed by atoms with Gasteiger partial charge in [-0.2, -0.15) is 4.80 Å². The fourth-order valence-corrected chi connectivity index (χ4v) is 3.52. The molecule has 7 nitrogen and oxygen atoms in total. The van der Waals surface area contributed by atoms with Gasteiger partial charge in [-0.25, -0.2) is 0 Å². The second-order valence-electron chi connectivity index (χ2n) is 5.33. The fourth-order valence-electron chi connectivity index (χ4n) is 3.52. The SMILES string of the molecule is Cn1nnc(CN2CC3CCCC3C2C(N)=O)n1. The molecule has 18 heavy (non-hydrogen) atoms. The molecule has 1 amide bonds. The second kappa shape index (κ2) is 4.31. The number of hydrogen-bond acceptors (Lipinski definition) is 5. The predicted octanol–water partition coefficient (Wildman–Crippen LogP) is -0.704. The molecule has 1 saturated carbocycles. The van der Waals surface area contributed by atoms with Crippen molar-refractivity contribution in [2.24, 2.45) is 24.6 Å². The molecule has 2 heterocycles. The van der Waals surface area contributed by atoms with Crippen molar-refractivity contribution >= 4 is 5.91 Å². The summed E-state index contributed by atoms with van der Waals surface area (Å²) in [4.78, 5) is 15.2. The highest BCUT2D eigenvalue weighted by molar-refractivity contribution is 5.80. The molecule has 2 N–H and O–H groups in total. The Hall–Kier alpha value is -1.50. The summed E-state index contributed by atoms with van der Waals surface area (Å²) in [5, 5.41) is 12.0. The Morgan fingerprint density at radius 2 is 2.33 bits per heavy atom. The van der Waals surface area contributed by atoms with Crippen LogP contribution in [0.2, 0.25) is 0 Å². The summed E-state index contributed by atoms with van der Waals surface area (Å²) in [6, 6.07) is -0.152. The zero-order valence-corrected chi connectivity index (χ0v) is 10.5. The zero-order valence-electron chi connectivity index (χ0n) is 10.5. The van der Waals surface area contributed by atoms with Crippen LogP contribution >= 0.6 is 0 Å². The number of nitrogens with two attached hydrogens (primary N) is 1. The first-order valence-corrected chi connectivity index (χ1v) is 6.41. The van der Waals surface area contributed by atoms with Crippen LogP contribution < -0.4 is 5.73 Å². The molecule has 1 aromatic heterocycles. The number of hydrogen-bond donors (Lipinski definition) is 1. The minimum Gasteiger partial charge on any atom is -0.368 e. The van der Waals surface area contributed by atoms with Crippen molar-refractivity contribution in [3.8, 4) is 0 Å². The highest BCUT2D eigenvalue weighted by Crippen LogP contribution is 2.42. The van der Waals surface area contributed by atoms with Crippen LogP contribution in [0.15, 0.2) is 0 Å². The predicted molar refractivity (Wildman–Crippen MR) is 63.0 cm³/mol. The molecule has 3 unspecified atom stereocenters. The van der Waals surface area contributed by atoms with Crippen LogP contribution in [0, 0.1) is 11.8 Å². The average molecular weight is 250 g/mol. The van der Waals surface area contributed by atoms with Crippen LogP contribution in [0.25, 0.3) is 0 Å². The lowest BCUT2D eigenvalue weighted by Gasteiger charge is -2.23. The first-order valence-electron chi connectivity index (χ1n) is 6.41. The molecule has 98 valence electrons. The molecule has 1 saturated heterocycles. The molecule has 3 atom stereocenters. The van der Waals surface area contributed by atoms with Crippen LogP contribution in [0.3, 0.4) is 0 Å². The van der Waals surface area contributed by atoms with Crippen molar-refractivity contribution in [2.75, 3.05) is 6.54 Å². The number of carbonyl (C=O) groups excluding carboxylic acids is 1. The summed E-state index contributed by atoms with van der Waals surface area (Å²) in [5.41, 5.74) is 5.56. The van der Waals surface area contributed by atoms with Crippen molar-refractivity contribution in [1.29, 1.82) is 0 Å². The zero-order chi connectivity index (χ0) is 12.7. The Kier molecular flexibility index (Phi) is 2.77. The molecular weight excluding hydrogens is 232 g/mol. The van der Waals surface area contributed by atoms with E-state index >= 15 is 0 Å². The molecule has 2 fully saturated rings. The van der Waals surface area contributed by atoms with Gasteiger partial charge in [0.1, 0.15) is 0 Å². The maximum Gasteiger partial charge on any atom is 0.235 e. The van der Waals surface area contributed by atoms with Gasteiger partial charge in [-0.05, 0) is 29.9 Å². The highest BCUT2D eigenvalue weighted by Gasteiger charge is 2.46. The molecular formula is C11H18N6O. The Labute approximate surface area is 105 Å². The van der Waals surface area contributed by atoms with E-state index in [0.29, 0.717) is 24.2 Å². The number of likely N-dealkylation sites (tertiary alicyclic amines) is 1. The van der Waals surface area contributed by atoms with E-state index in [1.54, 1.807) is 7.05 Å². The number of tetrazole rings is 1. The first-order chi connectivity index (χ1) is 8.65. The molecule has 1 aliphatic heterocycles. The van der Waals surface area contributed by atoms with E-state index in [1.165, 1.54) is 17.6 Å². The van der Waals surface area contributed by atoms with Crippen molar-refractivity contribution < 1.29 is 4.79 Å². The first kappa shape index (κ1) is 11.6. The third-order valence-electron chi connectivity index (χ3n) is 4.17. The monoisotopic (exact) mass is 250 g/mol. The van der Waals surface area contributed by atoms with Crippen LogP contribution in [0.5, 0.6) is 0 Å². The van der Waals surface area contributed by atoms with E-state index in [0.717, 1.165) is 13.0 Å². The maximum atomic E-state index is 11.7. The lowest BCUT2D eigenvalue weighted by atomic mass is 9.94. The third kappa shape index (κ3) is 1.88. The Morgan fingerprint density at radius 1 is 1.50 bits per heavy atom. The van der Waals surface area contributed by atoms with E-state index < -0.39 is 0 Å². The van der Waals surface area contributed by atoms with Gasteiger partial charge in [0.2, 0.25) is 5.91 Å². The van der Waals surface area contributed by atoms with Gasteiger partial charge in [-0.3, -0.25) is 9.69 Å². The van der Waals surface area contributed by atoms with Gasteiger partial charge in [-0.1, -0.05) is 6.42 Å². The summed E-state index contributed by atoms with van der Waals surface area (Å²) >= 11 is 0. The Balaban J connectivity index is 1.77. The number of nitrogens with zero attached hydrogens (tertiary/aromatic N) is 5. The van der Waals surface area contributed by atoms with Crippen LogP contribution in [0.4, 0.5) is 0 Å². The van der Waals surface area contributed by atoms with E-state index in [4.69, 9.17) is 5.73 Å². The second-order valence-corrected chi connectivity index (χ2v) is 5.33. The van der Waals surface area contributed by atoms with Gasteiger partial charge in [0.05, 0.1) is 19.6 Å².